The Morgan fingerprint density at radius 3 is 2.54 bits per heavy atom. The van der Waals surface area contributed by atoms with Gasteiger partial charge in [-0.15, -0.1) is 11.3 Å². The highest BCUT2D eigenvalue weighted by Crippen LogP contribution is 2.28. The molecular weight excluding hydrogens is 324 g/mol. The smallest absolute Gasteiger partial charge is 0.265 e. The van der Waals surface area contributed by atoms with Gasteiger partial charge < -0.3 is 5.32 Å². The van der Waals surface area contributed by atoms with E-state index in [-0.39, 0.29) is 17.7 Å². The number of thiophene rings is 1. The summed E-state index contributed by atoms with van der Waals surface area (Å²) in [6, 6.07) is 14.4. The Balaban J connectivity index is 1.63. The van der Waals surface area contributed by atoms with Crippen molar-refractivity contribution in [3.05, 3.63) is 64.5 Å². The summed E-state index contributed by atoms with van der Waals surface area (Å²) in [5, 5.41) is 3.81. The van der Waals surface area contributed by atoms with Gasteiger partial charge in [-0.2, -0.15) is 0 Å². The maximum absolute atomic E-state index is 12.4. The standard InChI is InChI=1S/C18H12N2O3S/c1-20-17(22)12-7-6-11(9-13(12)18(20)23)19-16(21)15-8-10-4-2-3-5-14(10)24-15/h2-9H,1H3,(H,19,21). The molecule has 0 bridgehead atoms. The van der Waals surface area contributed by atoms with Crippen LogP contribution >= 0.6 is 11.3 Å². The van der Waals surface area contributed by atoms with Crippen LogP contribution in [0.3, 0.4) is 0 Å². The van der Waals surface area contributed by atoms with Crippen molar-refractivity contribution < 1.29 is 14.4 Å². The summed E-state index contributed by atoms with van der Waals surface area (Å²) >= 11 is 1.41. The lowest BCUT2D eigenvalue weighted by atomic mass is 10.1. The summed E-state index contributed by atoms with van der Waals surface area (Å²) in [5.41, 5.74) is 1.17. The highest BCUT2D eigenvalue weighted by atomic mass is 32.1. The van der Waals surface area contributed by atoms with E-state index >= 15 is 0 Å². The molecular formula is C18H12N2O3S. The van der Waals surface area contributed by atoms with Crippen LogP contribution in [0, 0.1) is 0 Å². The van der Waals surface area contributed by atoms with E-state index in [1.54, 1.807) is 18.2 Å². The van der Waals surface area contributed by atoms with Crippen molar-refractivity contribution in [1.82, 2.24) is 4.90 Å². The molecule has 0 saturated carbocycles. The SMILES string of the molecule is CN1C(=O)c2ccc(NC(=O)c3cc4ccccc4s3)cc2C1=O. The molecule has 5 nitrogen and oxygen atoms in total. The minimum atomic E-state index is -0.354. The number of carbonyl (C=O) groups is 3. The Labute approximate surface area is 141 Å². The second-order valence-electron chi connectivity index (χ2n) is 5.53. The molecule has 3 aromatic rings. The number of imide groups is 1. The Morgan fingerprint density at radius 1 is 1.00 bits per heavy atom. The van der Waals surface area contributed by atoms with Crippen molar-refractivity contribution in [2.24, 2.45) is 0 Å². The van der Waals surface area contributed by atoms with Gasteiger partial charge in [0.25, 0.3) is 17.7 Å². The number of hydrogen-bond acceptors (Lipinski definition) is 4. The van der Waals surface area contributed by atoms with Gasteiger partial charge in [-0.05, 0) is 35.7 Å². The fraction of sp³-hybridized carbons (Fsp3) is 0.0556. The molecule has 1 N–H and O–H groups in total. The number of rotatable bonds is 2. The highest BCUT2D eigenvalue weighted by Gasteiger charge is 2.32. The van der Waals surface area contributed by atoms with Gasteiger partial charge in [-0.1, -0.05) is 18.2 Å². The van der Waals surface area contributed by atoms with E-state index in [4.69, 9.17) is 0 Å². The van der Waals surface area contributed by atoms with Crippen LogP contribution in [0.25, 0.3) is 10.1 Å². The summed E-state index contributed by atoms with van der Waals surface area (Å²) in [4.78, 5) is 38.0. The summed E-state index contributed by atoms with van der Waals surface area (Å²) in [6.07, 6.45) is 0. The summed E-state index contributed by atoms with van der Waals surface area (Å²) in [7, 11) is 1.44. The highest BCUT2D eigenvalue weighted by molar-refractivity contribution is 7.20. The first-order chi connectivity index (χ1) is 11.5. The molecule has 2 aromatic carbocycles. The maximum Gasteiger partial charge on any atom is 0.265 e. The molecule has 0 saturated heterocycles. The monoisotopic (exact) mass is 336 g/mol. The van der Waals surface area contributed by atoms with Crippen molar-refractivity contribution in [1.29, 1.82) is 0 Å². The fourth-order valence-corrected chi connectivity index (χ4v) is 3.68. The van der Waals surface area contributed by atoms with Gasteiger partial charge in [0.1, 0.15) is 0 Å². The van der Waals surface area contributed by atoms with Gasteiger partial charge in [0, 0.05) is 17.4 Å². The summed E-state index contributed by atoms with van der Waals surface area (Å²) < 4.78 is 1.04. The summed E-state index contributed by atoms with van der Waals surface area (Å²) in [5.74, 6) is -0.911. The van der Waals surface area contributed by atoms with E-state index < -0.39 is 0 Å². The van der Waals surface area contributed by atoms with Crippen LogP contribution in [0.1, 0.15) is 30.4 Å². The maximum atomic E-state index is 12.4. The van der Waals surface area contributed by atoms with Crippen LogP contribution < -0.4 is 5.32 Å². The topological polar surface area (TPSA) is 66.5 Å². The quantitative estimate of drug-likeness (QED) is 0.730. The number of benzene rings is 2. The van der Waals surface area contributed by atoms with Crippen molar-refractivity contribution >= 4 is 44.8 Å². The van der Waals surface area contributed by atoms with E-state index in [1.807, 2.05) is 30.3 Å². The molecule has 0 spiro atoms. The average Bonchev–Trinajstić information content (AvgIpc) is 3.11. The fourth-order valence-electron chi connectivity index (χ4n) is 2.73. The molecule has 24 heavy (non-hydrogen) atoms. The van der Waals surface area contributed by atoms with Crippen molar-refractivity contribution in [3.63, 3.8) is 0 Å². The number of nitrogens with zero attached hydrogens (tertiary/aromatic N) is 1. The van der Waals surface area contributed by atoms with Crippen molar-refractivity contribution in [2.75, 3.05) is 12.4 Å². The number of hydrogen-bond donors (Lipinski definition) is 1. The average molecular weight is 336 g/mol. The lowest BCUT2D eigenvalue weighted by Gasteiger charge is -2.04. The van der Waals surface area contributed by atoms with Crippen LogP contribution in [0.2, 0.25) is 0 Å². The largest absolute Gasteiger partial charge is 0.321 e. The first-order valence-electron chi connectivity index (χ1n) is 7.31. The van der Waals surface area contributed by atoms with Gasteiger partial charge in [0.05, 0.1) is 16.0 Å². The van der Waals surface area contributed by atoms with Gasteiger partial charge in [-0.25, -0.2) is 0 Å². The first-order valence-corrected chi connectivity index (χ1v) is 8.12. The molecule has 0 radical (unpaired) electrons. The molecule has 1 aliphatic heterocycles. The number of amides is 3. The lowest BCUT2D eigenvalue weighted by molar-refractivity contribution is 0.0692. The predicted molar refractivity (Wildman–Crippen MR) is 92.6 cm³/mol. The number of carbonyl (C=O) groups excluding carboxylic acids is 3. The molecule has 118 valence electrons. The molecule has 4 rings (SSSR count). The van der Waals surface area contributed by atoms with Crippen LogP contribution in [0.15, 0.2) is 48.5 Å². The number of anilines is 1. The van der Waals surface area contributed by atoms with Gasteiger partial charge in [0.2, 0.25) is 0 Å². The van der Waals surface area contributed by atoms with E-state index in [2.05, 4.69) is 5.32 Å². The molecule has 6 heteroatoms. The molecule has 0 fully saturated rings. The second-order valence-corrected chi connectivity index (χ2v) is 6.62. The number of nitrogens with one attached hydrogen (secondary N) is 1. The lowest BCUT2D eigenvalue weighted by Crippen LogP contribution is -2.24. The number of fused-ring (bicyclic) bond motifs is 2. The third-order valence-electron chi connectivity index (χ3n) is 4.00. The van der Waals surface area contributed by atoms with E-state index in [1.165, 1.54) is 18.4 Å². The van der Waals surface area contributed by atoms with Crippen LogP contribution in [-0.2, 0) is 0 Å². The minimum Gasteiger partial charge on any atom is -0.321 e. The second kappa shape index (κ2) is 5.28. The van der Waals surface area contributed by atoms with Crippen molar-refractivity contribution in [3.8, 4) is 0 Å². The molecule has 1 aliphatic rings. The molecule has 2 heterocycles. The zero-order valence-corrected chi connectivity index (χ0v) is 13.5. The third kappa shape index (κ3) is 2.19. The van der Waals surface area contributed by atoms with E-state index in [0.717, 1.165) is 15.0 Å². The third-order valence-corrected chi connectivity index (χ3v) is 5.11. The molecule has 0 aliphatic carbocycles. The van der Waals surface area contributed by atoms with Crippen molar-refractivity contribution in [2.45, 2.75) is 0 Å². The van der Waals surface area contributed by atoms with Crippen LogP contribution in [0.5, 0.6) is 0 Å². The first kappa shape index (κ1) is 14.6. The van der Waals surface area contributed by atoms with Gasteiger partial charge in [-0.3, -0.25) is 19.3 Å². The van der Waals surface area contributed by atoms with Crippen LogP contribution in [0.4, 0.5) is 5.69 Å². The Hall–Kier alpha value is -2.99. The zero-order chi connectivity index (χ0) is 16.8. The summed E-state index contributed by atoms with van der Waals surface area (Å²) in [6.45, 7) is 0. The molecule has 3 amide bonds. The molecule has 1 aromatic heterocycles. The molecule has 0 atom stereocenters. The predicted octanol–water partition coefficient (Wildman–Crippen LogP) is 3.38. The van der Waals surface area contributed by atoms with E-state index in [0.29, 0.717) is 21.7 Å². The Bertz CT molecular complexity index is 989. The minimum absolute atomic E-state index is 0.235. The van der Waals surface area contributed by atoms with Gasteiger partial charge >= 0.3 is 0 Å². The van der Waals surface area contributed by atoms with E-state index in [9.17, 15) is 14.4 Å². The normalized spacial score (nSPS) is 13.5. The Kier molecular flexibility index (Phi) is 3.21. The molecule has 0 unspecified atom stereocenters. The van der Waals surface area contributed by atoms with Gasteiger partial charge in [0.15, 0.2) is 0 Å². The van der Waals surface area contributed by atoms with Crippen LogP contribution in [-0.4, -0.2) is 29.7 Å². The zero-order valence-electron chi connectivity index (χ0n) is 12.7. The Morgan fingerprint density at radius 2 is 1.75 bits per heavy atom.